The lowest BCUT2D eigenvalue weighted by Crippen LogP contribution is -2.45. The van der Waals surface area contributed by atoms with Gasteiger partial charge in [0.15, 0.2) is 0 Å². The van der Waals surface area contributed by atoms with E-state index in [1.807, 2.05) is 0 Å². The van der Waals surface area contributed by atoms with Crippen LogP contribution in [0.15, 0.2) is 24.3 Å². The maximum atomic E-state index is 12.9. The topological polar surface area (TPSA) is 78.4 Å². The second-order valence-corrected chi connectivity index (χ2v) is 3.94. The summed E-state index contributed by atoms with van der Waals surface area (Å²) in [7, 11) is 0. The number of anilines is 1. The monoisotopic (exact) mass is 254 g/mol. The van der Waals surface area contributed by atoms with E-state index in [9.17, 15) is 14.0 Å². The summed E-state index contributed by atoms with van der Waals surface area (Å²) in [6, 6.07) is 4.06. The number of carboxylic acid groups (broad SMARTS) is 1. The van der Waals surface area contributed by atoms with Gasteiger partial charge < -0.3 is 15.7 Å². The summed E-state index contributed by atoms with van der Waals surface area (Å²) in [4.78, 5) is 22.2. The molecule has 0 saturated heterocycles. The van der Waals surface area contributed by atoms with Crippen molar-refractivity contribution in [3.05, 3.63) is 30.1 Å². The highest BCUT2D eigenvalue weighted by atomic mass is 19.1. The summed E-state index contributed by atoms with van der Waals surface area (Å²) in [5.74, 6) is -1.98. The van der Waals surface area contributed by atoms with Crippen molar-refractivity contribution in [1.29, 1.82) is 0 Å². The van der Waals surface area contributed by atoms with Gasteiger partial charge in [0.2, 0.25) is 5.91 Å². The third-order valence-corrected chi connectivity index (χ3v) is 2.33. The molecule has 0 aromatic heterocycles. The first-order valence-electron chi connectivity index (χ1n) is 5.45. The van der Waals surface area contributed by atoms with Crippen LogP contribution in [0.5, 0.6) is 0 Å². The molecule has 1 aromatic carbocycles. The van der Waals surface area contributed by atoms with E-state index >= 15 is 0 Å². The lowest BCUT2D eigenvalue weighted by molar-refractivity contribution is -0.141. The average molecular weight is 254 g/mol. The van der Waals surface area contributed by atoms with Crippen LogP contribution in [-0.4, -0.2) is 29.1 Å². The summed E-state index contributed by atoms with van der Waals surface area (Å²) in [6.45, 7) is 2.93. The Bertz CT molecular complexity index is 451. The Morgan fingerprint density at radius 3 is 2.50 bits per heavy atom. The molecule has 18 heavy (non-hydrogen) atoms. The molecule has 0 aliphatic carbocycles. The molecule has 0 aliphatic heterocycles. The van der Waals surface area contributed by atoms with Crippen molar-refractivity contribution in [3.63, 3.8) is 0 Å². The predicted octanol–water partition coefficient (Wildman–Crippen LogP) is 1.22. The lowest BCUT2D eigenvalue weighted by Gasteiger charge is -2.17. The van der Waals surface area contributed by atoms with Crippen molar-refractivity contribution in [2.24, 2.45) is 0 Å². The van der Waals surface area contributed by atoms with Crippen molar-refractivity contribution in [1.82, 2.24) is 5.32 Å². The highest BCUT2D eigenvalue weighted by Gasteiger charge is 2.18. The van der Waals surface area contributed by atoms with E-state index in [-0.39, 0.29) is 0 Å². The number of aliphatic carboxylic acids is 1. The number of carboxylic acids is 1. The quantitative estimate of drug-likeness (QED) is 0.738. The molecule has 3 N–H and O–H groups in total. The molecule has 98 valence electrons. The molecular weight excluding hydrogens is 239 g/mol. The molecule has 0 radical (unpaired) electrons. The van der Waals surface area contributed by atoms with Crippen LogP contribution in [-0.2, 0) is 9.59 Å². The lowest BCUT2D eigenvalue weighted by atomic mass is 10.2. The van der Waals surface area contributed by atoms with Gasteiger partial charge in [-0.25, -0.2) is 4.39 Å². The first kappa shape index (κ1) is 14.0. The summed E-state index contributed by atoms with van der Waals surface area (Å²) < 4.78 is 12.9. The number of hydrogen-bond donors (Lipinski definition) is 3. The van der Waals surface area contributed by atoms with Gasteiger partial charge in [0.25, 0.3) is 0 Å². The van der Waals surface area contributed by atoms with E-state index in [0.717, 1.165) is 0 Å². The zero-order valence-electron chi connectivity index (χ0n) is 10.1. The van der Waals surface area contributed by atoms with Crippen LogP contribution in [0.2, 0.25) is 0 Å². The van der Waals surface area contributed by atoms with E-state index in [4.69, 9.17) is 5.11 Å². The van der Waals surface area contributed by atoms with Crippen LogP contribution < -0.4 is 10.6 Å². The van der Waals surface area contributed by atoms with E-state index < -0.39 is 29.8 Å². The zero-order chi connectivity index (χ0) is 13.7. The first-order valence-corrected chi connectivity index (χ1v) is 5.45. The summed E-state index contributed by atoms with van der Waals surface area (Å²) in [5, 5.41) is 13.8. The van der Waals surface area contributed by atoms with E-state index in [1.54, 1.807) is 13.0 Å². The second-order valence-electron chi connectivity index (χ2n) is 3.94. The van der Waals surface area contributed by atoms with Crippen molar-refractivity contribution in [3.8, 4) is 0 Å². The minimum Gasteiger partial charge on any atom is -0.480 e. The Kier molecular flexibility index (Phi) is 4.65. The largest absolute Gasteiger partial charge is 0.480 e. The minimum atomic E-state index is -1.11. The Labute approximate surface area is 104 Å². The molecule has 5 nitrogen and oxygen atoms in total. The Hall–Kier alpha value is -2.11. The number of amides is 1. The third kappa shape index (κ3) is 4.04. The number of nitrogens with one attached hydrogen (secondary N) is 2. The van der Waals surface area contributed by atoms with Gasteiger partial charge in [-0.3, -0.25) is 9.59 Å². The summed E-state index contributed by atoms with van der Waals surface area (Å²) in [5.41, 5.74) is 0.459. The molecule has 1 aromatic rings. The maximum absolute atomic E-state index is 12.9. The van der Waals surface area contributed by atoms with Gasteiger partial charge >= 0.3 is 5.97 Å². The Morgan fingerprint density at radius 1 is 1.28 bits per heavy atom. The molecule has 0 heterocycles. The highest BCUT2D eigenvalue weighted by Crippen LogP contribution is 2.10. The van der Waals surface area contributed by atoms with Crippen molar-refractivity contribution >= 4 is 17.6 Å². The van der Waals surface area contributed by atoms with Gasteiger partial charge in [-0.05, 0) is 32.0 Å². The minimum absolute atomic E-state index is 0.411. The SMILES string of the molecule is C[C@H](NC(=O)[C@H](C)Nc1cccc(F)c1)C(=O)O. The number of hydrogen-bond acceptors (Lipinski definition) is 3. The number of benzene rings is 1. The average Bonchev–Trinajstić information content (AvgIpc) is 2.28. The van der Waals surface area contributed by atoms with E-state index in [0.29, 0.717) is 5.69 Å². The van der Waals surface area contributed by atoms with Crippen LogP contribution in [0.4, 0.5) is 10.1 Å². The molecule has 0 spiro atoms. The first-order chi connectivity index (χ1) is 8.40. The molecule has 0 saturated carbocycles. The molecule has 1 rings (SSSR count). The second kappa shape index (κ2) is 6.00. The van der Waals surface area contributed by atoms with Crippen LogP contribution in [0.3, 0.4) is 0 Å². The predicted molar refractivity (Wildman–Crippen MR) is 64.7 cm³/mol. The fraction of sp³-hybridized carbons (Fsp3) is 0.333. The number of halogens is 1. The van der Waals surface area contributed by atoms with Gasteiger partial charge in [0.05, 0.1) is 0 Å². The van der Waals surface area contributed by atoms with Gasteiger partial charge in [-0.2, -0.15) is 0 Å². The van der Waals surface area contributed by atoms with Crippen molar-refractivity contribution in [2.75, 3.05) is 5.32 Å². The van der Waals surface area contributed by atoms with Crippen LogP contribution in [0, 0.1) is 5.82 Å². The molecule has 0 fully saturated rings. The zero-order valence-corrected chi connectivity index (χ0v) is 10.1. The molecule has 0 unspecified atom stereocenters. The van der Waals surface area contributed by atoms with Crippen LogP contribution in [0.1, 0.15) is 13.8 Å². The Balaban J connectivity index is 2.57. The molecule has 0 aliphatic rings. The Morgan fingerprint density at radius 2 is 1.94 bits per heavy atom. The van der Waals surface area contributed by atoms with Crippen LogP contribution in [0.25, 0.3) is 0 Å². The van der Waals surface area contributed by atoms with E-state index in [2.05, 4.69) is 10.6 Å². The standard InChI is InChI=1S/C12H15FN2O3/c1-7(11(16)15-8(2)12(17)18)14-10-5-3-4-9(13)6-10/h3-8,14H,1-2H3,(H,15,16)(H,17,18)/t7-,8-/m0/s1. The third-order valence-electron chi connectivity index (χ3n) is 2.33. The smallest absolute Gasteiger partial charge is 0.325 e. The number of carbonyl (C=O) groups excluding carboxylic acids is 1. The summed E-state index contributed by atoms with van der Waals surface area (Å²) >= 11 is 0. The highest BCUT2D eigenvalue weighted by molar-refractivity contribution is 5.88. The van der Waals surface area contributed by atoms with Gasteiger partial charge in [0, 0.05) is 5.69 Å². The molecule has 0 bridgehead atoms. The maximum Gasteiger partial charge on any atom is 0.325 e. The fourth-order valence-corrected chi connectivity index (χ4v) is 1.29. The molecule has 6 heteroatoms. The van der Waals surface area contributed by atoms with E-state index in [1.165, 1.54) is 25.1 Å². The van der Waals surface area contributed by atoms with Crippen molar-refractivity contribution in [2.45, 2.75) is 25.9 Å². The van der Waals surface area contributed by atoms with Crippen molar-refractivity contribution < 1.29 is 19.1 Å². The number of carbonyl (C=O) groups is 2. The molecular formula is C12H15FN2O3. The fourth-order valence-electron chi connectivity index (χ4n) is 1.29. The summed E-state index contributed by atoms with van der Waals surface area (Å²) in [6.07, 6.45) is 0. The molecule has 2 atom stereocenters. The number of rotatable bonds is 5. The van der Waals surface area contributed by atoms with Gasteiger partial charge in [-0.15, -0.1) is 0 Å². The van der Waals surface area contributed by atoms with Gasteiger partial charge in [-0.1, -0.05) is 6.07 Å². The van der Waals surface area contributed by atoms with Gasteiger partial charge in [0.1, 0.15) is 17.9 Å². The normalized spacial score (nSPS) is 13.5. The van der Waals surface area contributed by atoms with Crippen LogP contribution >= 0.6 is 0 Å². The molecule has 1 amide bonds.